The van der Waals surface area contributed by atoms with E-state index in [1.54, 1.807) is 0 Å². The van der Waals surface area contributed by atoms with E-state index in [0.717, 1.165) is 77.0 Å². The number of hydrogen-bond acceptors (Lipinski definition) is 8. The molecule has 0 atom stereocenters. The third-order valence-corrected chi connectivity index (χ3v) is 5.93. The van der Waals surface area contributed by atoms with E-state index in [4.69, 9.17) is 29.2 Å². The van der Waals surface area contributed by atoms with Gasteiger partial charge in [-0.15, -0.1) is 0 Å². The Morgan fingerprint density at radius 2 is 1.21 bits per heavy atom. The topological polar surface area (TPSA) is 72.8 Å². The molecule has 1 aromatic heterocycles. The molecule has 0 unspecified atom stereocenters. The van der Waals surface area contributed by atoms with Crippen LogP contribution >= 0.6 is 0 Å². The maximum Gasteiger partial charge on any atom is 0.234 e. The molecule has 8 nitrogen and oxygen atoms in total. The molecule has 0 radical (unpaired) electrons. The molecule has 0 bridgehead atoms. The SMILES string of the molecule is CCCCOCN(C)c1nc(C2CCCCC2)nc(N(COCCCC)COCCCC)n1. The molecule has 0 N–H and O–H groups in total. The average molecular weight is 466 g/mol. The molecular formula is C25H47N5O3. The predicted molar refractivity (Wildman–Crippen MR) is 134 cm³/mol. The molecule has 8 heteroatoms. The van der Waals surface area contributed by atoms with Gasteiger partial charge in [0.15, 0.2) is 0 Å². The summed E-state index contributed by atoms with van der Waals surface area (Å²) in [4.78, 5) is 18.6. The molecule has 1 heterocycles. The van der Waals surface area contributed by atoms with Crippen LogP contribution in [0.15, 0.2) is 0 Å². The molecule has 0 amide bonds. The van der Waals surface area contributed by atoms with Gasteiger partial charge >= 0.3 is 0 Å². The van der Waals surface area contributed by atoms with Crippen molar-refractivity contribution >= 4 is 11.9 Å². The van der Waals surface area contributed by atoms with Crippen LogP contribution in [0.25, 0.3) is 0 Å². The van der Waals surface area contributed by atoms with E-state index in [1.807, 2.05) is 16.8 Å². The smallest absolute Gasteiger partial charge is 0.234 e. The zero-order valence-electron chi connectivity index (χ0n) is 21.6. The lowest BCUT2D eigenvalue weighted by atomic mass is 9.89. The van der Waals surface area contributed by atoms with Gasteiger partial charge in [0.05, 0.1) is 0 Å². The highest BCUT2D eigenvalue weighted by atomic mass is 16.5. The number of rotatable bonds is 18. The first kappa shape index (κ1) is 27.7. The predicted octanol–water partition coefficient (Wildman–Crippen LogP) is 5.48. The van der Waals surface area contributed by atoms with Crippen LogP contribution in [0.2, 0.25) is 0 Å². The van der Waals surface area contributed by atoms with E-state index in [0.29, 0.717) is 38.0 Å². The first-order valence-electron chi connectivity index (χ1n) is 13.1. The Balaban J connectivity index is 2.21. The lowest BCUT2D eigenvalue weighted by Gasteiger charge is -2.27. The van der Waals surface area contributed by atoms with E-state index in [9.17, 15) is 0 Å². The van der Waals surface area contributed by atoms with Gasteiger partial charge in [-0.3, -0.25) is 4.90 Å². The monoisotopic (exact) mass is 465 g/mol. The van der Waals surface area contributed by atoms with Crippen molar-refractivity contribution in [2.45, 2.75) is 97.3 Å². The van der Waals surface area contributed by atoms with Crippen LogP contribution in [-0.4, -0.2) is 62.0 Å². The summed E-state index contributed by atoms with van der Waals surface area (Å²) in [6.45, 7) is 9.99. The Morgan fingerprint density at radius 1 is 0.697 bits per heavy atom. The quantitative estimate of drug-likeness (QED) is 0.208. The molecule has 1 aliphatic rings. The van der Waals surface area contributed by atoms with Crippen LogP contribution in [0.4, 0.5) is 11.9 Å². The summed E-state index contributed by atoms with van der Waals surface area (Å²) in [7, 11) is 1.98. The first-order chi connectivity index (χ1) is 16.2. The Kier molecular flexibility index (Phi) is 14.3. The van der Waals surface area contributed by atoms with Crippen molar-refractivity contribution < 1.29 is 14.2 Å². The lowest BCUT2D eigenvalue weighted by molar-refractivity contribution is 0.0810. The molecule has 1 fully saturated rings. The number of hydrogen-bond donors (Lipinski definition) is 0. The van der Waals surface area contributed by atoms with Crippen molar-refractivity contribution in [2.75, 3.05) is 56.9 Å². The van der Waals surface area contributed by atoms with E-state index in [-0.39, 0.29) is 0 Å². The normalized spacial score (nSPS) is 14.5. The van der Waals surface area contributed by atoms with Gasteiger partial charge in [-0.05, 0) is 32.1 Å². The van der Waals surface area contributed by atoms with Crippen molar-refractivity contribution in [1.82, 2.24) is 15.0 Å². The third kappa shape index (κ3) is 10.5. The van der Waals surface area contributed by atoms with Crippen molar-refractivity contribution in [1.29, 1.82) is 0 Å². The summed E-state index contributed by atoms with van der Waals surface area (Å²) in [5, 5.41) is 0. The number of anilines is 2. The summed E-state index contributed by atoms with van der Waals surface area (Å²) in [5.74, 6) is 2.57. The number of nitrogens with zero attached hydrogens (tertiary/aromatic N) is 5. The Morgan fingerprint density at radius 3 is 1.76 bits per heavy atom. The number of unbranched alkanes of at least 4 members (excludes halogenated alkanes) is 3. The van der Waals surface area contributed by atoms with Crippen LogP contribution in [-0.2, 0) is 14.2 Å². The molecule has 190 valence electrons. The summed E-state index contributed by atoms with van der Waals surface area (Å²) >= 11 is 0. The molecule has 0 saturated heterocycles. The van der Waals surface area contributed by atoms with E-state index >= 15 is 0 Å². The van der Waals surface area contributed by atoms with Crippen molar-refractivity contribution in [3.8, 4) is 0 Å². The minimum atomic E-state index is 0.387. The van der Waals surface area contributed by atoms with Crippen LogP contribution in [0.5, 0.6) is 0 Å². The van der Waals surface area contributed by atoms with Gasteiger partial charge in [0, 0.05) is 32.8 Å². The third-order valence-electron chi connectivity index (χ3n) is 5.93. The van der Waals surface area contributed by atoms with Crippen molar-refractivity contribution in [2.24, 2.45) is 0 Å². The second-order valence-electron chi connectivity index (χ2n) is 9.04. The fourth-order valence-electron chi connectivity index (χ4n) is 3.73. The molecule has 0 aromatic carbocycles. The van der Waals surface area contributed by atoms with Gasteiger partial charge < -0.3 is 19.1 Å². The highest BCUT2D eigenvalue weighted by Crippen LogP contribution is 2.32. The molecule has 1 aromatic rings. The van der Waals surface area contributed by atoms with Gasteiger partial charge in [-0.1, -0.05) is 59.3 Å². The van der Waals surface area contributed by atoms with Gasteiger partial charge in [0.1, 0.15) is 26.0 Å². The highest BCUT2D eigenvalue weighted by Gasteiger charge is 2.23. The minimum Gasteiger partial charge on any atom is -0.361 e. The largest absolute Gasteiger partial charge is 0.361 e. The molecule has 2 rings (SSSR count). The summed E-state index contributed by atoms with van der Waals surface area (Å²) in [6.07, 6.45) is 12.5. The fourth-order valence-corrected chi connectivity index (χ4v) is 3.73. The van der Waals surface area contributed by atoms with Crippen LogP contribution in [0.1, 0.15) is 103 Å². The van der Waals surface area contributed by atoms with E-state index in [2.05, 4.69) is 20.8 Å². The summed E-state index contributed by atoms with van der Waals surface area (Å²) in [5.41, 5.74) is 0. The minimum absolute atomic E-state index is 0.387. The number of ether oxygens (including phenoxy) is 3. The maximum absolute atomic E-state index is 5.93. The molecule has 1 aliphatic carbocycles. The second-order valence-corrected chi connectivity index (χ2v) is 9.04. The Hall–Kier alpha value is -1.51. The van der Waals surface area contributed by atoms with Gasteiger partial charge in [-0.25, -0.2) is 0 Å². The summed E-state index contributed by atoms with van der Waals surface area (Å²) < 4.78 is 17.7. The average Bonchev–Trinajstić information content (AvgIpc) is 2.85. The van der Waals surface area contributed by atoms with Crippen LogP contribution < -0.4 is 9.80 Å². The lowest BCUT2D eigenvalue weighted by Crippen LogP contribution is -2.33. The van der Waals surface area contributed by atoms with Crippen molar-refractivity contribution in [3.63, 3.8) is 0 Å². The maximum atomic E-state index is 5.93. The summed E-state index contributed by atoms with van der Waals surface area (Å²) in [6, 6.07) is 0. The van der Waals surface area contributed by atoms with Gasteiger partial charge in [-0.2, -0.15) is 15.0 Å². The fraction of sp³-hybridized carbons (Fsp3) is 0.880. The molecule has 1 saturated carbocycles. The zero-order valence-corrected chi connectivity index (χ0v) is 21.6. The molecular weight excluding hydrogens is 418 g/mol. The van der Waals surface area contributed by atoms with Gasteiger partial charge in [0.25, 0.3) is 0 Å². The highest BCUT2D eigenvalue weighted by molar-refractivity contribution is 5.38. The van der Waals surface area contributed by atoms with Crippen LogP contribution in [0, 0.1) is 0 Å². The Labute approximate surface area is 201 Å². The second kappa shape index (κ2) is 17.0. The molecule has 0 spiro atoms. The standard InChI is InChI=1S/C25H47N5O3/c1-5-8-16-31-19-29(4)24-26-23(22-14-12-11-13-15-22)27-25(28-24)30(20-32-17-9-6-2)21-33-18-10-7-3/h22H,5-21H2,1-4H3. The number of aromatic nitrogens is 3. The zero-order chi connectivity index (χ0) is 23.7. The van der Waals surface area contributed by atoms with E-state index < -0.39 is 0 Å². The van der Waals surface area contributed by atoms with E-state index in [1.165, 1.54) is 19.3 Å². The first-order valence-corrected chi connectivity index (χ1v) is 13.1. The molecule has 33 heavy (non-hydrogen) atoms. The molecule has 0 aliphatic heterocycles. The Bertz CT molecular complexity index is 616. The van der Waals surface area contributed by atoms with Crippen molar-refractivity contribution in [3.05, 3.63) is 5.82 Å². The van der Waals surface area contributed by atoms with Gasteiger partial charge in [0.2, 0.25) is 11.9 Å². The van der Waals surface area contributed by atoms with Crippen LogP contribution in [0.3, 0.4) is 0 Å².